The molecule has 38 heavy (non-hydrogen) atoms. The second-order valence-corrected chi connectivity index (χ2v) is 9.08. The van der Waals surface area contributed by atoms with E-state index in [1.165, 1.54) is 7.11 Å². The highest BCUT2D eigenvalue weighted by atomic mass is 19.4. The summed E-state index contributed by atoms with van der Waals surface area (Å²) < 4.78 is 58.9. The molecule has 7 nitrogen and oxygen atoms in total. The van der Waals surface area contributed by atoms with Crippen LogP contribution in [0.25, 0.3) is 11.3 Å². The standard InChI is InChI=1S/C27H29F4N5O2/c1-32-12-13-34-25(37)26(19-5-7-22(35-17-19)20-4-3-11-33-24(20)38-2)9-14-36(15-10-26)23-8-6-18(16-21(23)28)27(29,30)31/h3-8,11,16-17,32H,9-10,12-15H2,1-2H3,(H,34,37). The van der Waals surface area contributed by atoms with Crippen LogP contribution in [0.4, 0.5) is 23.2 Å². The average molecular weight is 532 g/mol. The highest BCUT2D eigenvalue weighted by Gasteiger charge is 2.43. The lowest BCUT2D eigenvalue weighted by Crippen LogP contribution is -2.52. The first-order valence-electron chi connectivity index (χ1n) is 12.2. The third-order valence-electron chi connectivity index (χ3n) is 6.88. The largest absolute Gasteiger partial charge is 0.481 e. The fourth-order valence-electron chi connectivity index (χ4n) is 4.77. The summed E-state index contributed by atoms with van der Waals surface area (Å²) >= 11 is 0. The van der Waals surface area contributed by atoms with Crippen LogP contribution >= 0.6 is 0 Å². The Kier molecular flexibility index (Phi) is 8.15. The minimum atomic E-state index is -4.62. The maximum atomic E-state index is 14.7. The van der Waals surface area contributed by atoms with Gasteiger partial charge >= 0.3 is 6.18 Å². The van der Waals surface area contributed by atoms with Gasteiger partial charge in [0.05, 0.1) is 35.0 Å². The van der Waals surface area contributed by atoms with Crippen molar-refractivity contribution in [2.24, 2.45) is 0 Å². The van der Waals surface area contributed by atoms with E-state index in [4.69, 9.17) is 4.74 Å². The number of nitrogens with one attached hydrogen (secondary N) is 2. The topological polar surface area (TPSA) is 79.4 Å². The van der Waals surface area contributed by atoms with Gasteiger partial charge in [0, 0.05) is 38.6 Å². The minimum Gasteiger partial charge on any atom is -0.481 e. The molecule has 2 N–H and O–H groups in total. The first-order chi connectivity index (χ1) is 18.2. The van der Waals surface area contributed by atoms with Gasteiger partial charge in [-0.3, -0.25) is 9.78 Å². The van der Waals surface area contributed by atoms with E-state index in [1.807, 2.05) is 12.1 Å². The number of hydrogen-bond acceptors (Lipinski definition) is 6. The molecule has 202 valence electrons. The number of rotatable bonds is 8. The molecule has 1 amide bonds. The van der Waals surface area contributed by atoms with Gasteiger partial charge in [-0.1, -0.05) is 6.07 Å². The van der Waals surface area contributed by atoms with Gasteiger partial charge < -0.3 is 20.3 Å². The number of amides is 1. The SMILES string of the molecule is CNCCNC(=O)C1(c2ccc(-c3cccnc3OC)nc2)CCN(c2ccc(C(F)(F)F)cc2F)CC1. The number of carbonyl (C=O) groups excluding carboxylic acids is 1. The fraction of sp³-hybridized carbons (Fsp3) is 0.370. The molecular formula is C27H29F4N5O2. The second kappa shape index (κ2) is 11.3. The zero-order chi connectivity index (χ0) is 27.3. The molecule has 3 aromatic rings. The van der Waals surface area contributed by atoms with E-state index in [0.29, 0.717) is 54.7 Å². The van der Waals surface area contributed by atoms with Crippen LogP contribution in [0.1, 0.15) is 24.0 Å². The maximum Gasteiger partial charge on any atom is 0.416 e. The quantitative estimate of drug-likeness (QED) is 0.336. The Morgan fingerprint density at radius 3 is 2.47 bits per heavy atom. The molecular weight excluding hydrogens is 502 g/mol. The highest BCUT2D eigenvalue weighted by molar-refractivity contribution is 5.88. The van der Waals surface area contributed by atoms with Crippen LogP contribution in [0.15, 0.2) is 54.9 Å². The number of pyridine rings is 2. The highest BCUT2D eigenvalue weighted by Crippen LogP contribution is 2.39. The number of ether oxygens (including phenoxy) is 1. The van der Waals surface area contributed by atoms with Crippen molar-refractivity contribution in [1.82, 2.24) is 20.6 Å². The maximum absolute atomic E-state index is 14.7. The Morgan fingerprint density at radius 2 is 1.87 bits per heavy atom. The first kappa shape index (κ1) is 27.3. The molecule has 1 saturated heterocycles. The van der Waals surface area contributed by atoms with Crippen LogP contribution in [0.2, 0.25) is 0 Å². The molecule has 4 rings (SSSR count). The van der Waals surface area contributed by atoms with E-state index in [2.05, 4.69) is 20.6 Å². The second-order valence-electron chi connectivity index (χ2n) is 9.08. The lowest BCUT2D eigenvalue weighted by molar-refractivity contribution is -0.137. The van der Waals surface area contributed by atoms with Gasteiger partial charge in [0.1, 0.15) is 5.82 Å². The Bertz CT molecular complexity index is 1260. The lowest BCUT2D eigenvalue weighted by Gasteiger charge is -2.42. The van der Waals surface area contributed by atoms with Crippen molar-refractivity contribution in [2.75, 3.05) is 45.2 Å². The van der Waals surface area contributed by atoms with Crippen LogP contribution < -0.4 is 20.3 Å². The Morgan fingerprint density at radius 1 is 1.11 bits per heavy atom. The molecule has 0 unspecified atom stereocenters. The summed E-state index contributed by atoms with van der Waals surface area (Å²) in [6.45, 7) is 1.56. The number of piperidine rings is 1. The zero-order valence-corrected chi connectivity index (χ0v) is 21.1. The van der Waals surface area contributed by atoms with Gasteiger partial charge in [-0.15, -0.1) is 0 Å². The number of likely N-dealkylation sites (N-methyl/N-ethyl adjacent to an activating group) is 1. The molecule has 0 saturated carbocycles. The van der Waals surface area contributed by atoms with Gasteiger partial charge in [0.25, 0.3) is 0 Å². The molecule has 1 fully saturated rings. The van der Waals surface area contributed by atoms with Crippen molar-refractivity contribution in [3.63, 3.8) is 0 Å². The van der Waals surface area contributed by atoms with Gasteiger partial charge in [-0.2, -0.15) is 13.2 Å². The van der Waals surface area contributed by atoms with Crippen molar-refractivity contribution in [2.45, 2.75) is 24.4 Å². The molecule has 1 aromatic carbocycles. The molecule has 0 radical (unpaired) electrons. The summed E-state index contributed by atoms with van der Waals surface area (Å²) in [6.07, 6.45) is -0.685. The summed E-state index contributed by atoms with van der Waals surface area (Å²) in [6, 6.07) is 9.80. The number of methoxy groups -OCH3 is 1. The molecule has 0 bridgehead atoms. The Balaban J connectivity index is 1.60. The van der Waals surface area contributed by atoms with Crippen molar-refractivity contribution < 1.29 is 27.1 Å². The van der Waals surface area contributed by atoms with Crippen LogP contribution in [0.5, 0.6) is 5.88 Å². The summed E-state index contributed by atoms with van der Waals surface area (Å²) in [5, 5.41) is 5.96. The van der Waals surface area contributed by atoms with E-state index < -0.39 is 23.0 Å². The number of anilines is 1. The number of aromatic nitrogens is 2. The first-order valence-corrected chi connectivity index (χ1v) is 12.2. The number of nitrogens with zero attached hydrogens (tertiary/aromatic N) is 3. The third-order valence-corrected chi connectivity index (χ3v) is 6.88. The third kappa shape index (κ3) is 5.57. The van der Waals surface area contributed by atoms with E-state index in [0.717, 1.165) is 12.1 Å². The molecule has 3 heterocycles. The molecule has 1 aliphatic rings. The van der Waals surface area contributed by atoms with Gasteiger partial charge in [0.15, 0.2) is 0 Å². The Labute approximate surface area is 218 Å². The molecule has 1 aliphatic heterocycles. The molecule has 2 aromatic heterocycles. The molecule has 0 spiro atoms. The molecule has 11 heteroatoms. The van der Waals surface area contributed by atoms with Crippen molar-refractivity contribution in [3.05, 3.63) is 71.8 Å². The van der Waals surface area contributed by atoms with Crippen molar-refractivity contribution in [1.29, 1.82) is 0 Å². The number of carbonyl (C=O) groups is 1. The zero-order valence-electron chi connectivity index (χ0n) is 21.1. The number of halogens is 4. The van der Waals surface area contributed by atoms with E-state index in [1.54, 1.807) is 36.5 Å². The van der Waals surface area contributed by atoms with Gasteiger partial charge in [-0.25, -0.2) is 9.37 Å². The van der Waals surface area contributed by atoms with E-state index in [-0.39, 0.29) is 24.7 Å². The minimum absolute atomic E-state index is 0.0827. The van der Waals surface area contributed by atoms with Crippen LogP contribution in [0, 0.1) is 5.82 Å². The summed E-state index contributed by atoms with van der Waals surface area (Å²) in [5.41, 5.74) is 0.163. The molecule has 0 atom stereocenters. The predicted molar refractivity (Wildman–Crippen MR) is 135 cm³/mol. The average Bonchev–Trinajstić information content (AvgIpc) is 2.93. The fourth-order valence-corrected chi connectivity index (χ4v) is 4.77. The Hall–Kier alpha value is -3.73. The van der Waals surface area contributed by atoms with E-state index in [9.17, 15) is 22.4 Å². The van der Waals surface area contributed by atoms with Gasteiger partial charge in [-0.05, 0) is 61.9 Å². The number of benzene rings is 1. The summed E-state index contributed by atoms with van der Waals surface area (Å²) in [5.74, 6) is -0.685. The lowest BCUT2D eigenvalue weighted by atomic mass is 9.72. The molecule has 0 aliphatic carbocycles. The predicted octanol–water partition coefficient (Wildman–Crippen LogP) is 4.18. The van der Waals surface area contributed by atoms with Crippen LogP contribution in [0.3, 0.4) is 0 Å². The number of alkyl halides is 3. The van der Waals surface area contributed by atoms with Crippen LogP contribution in [-0.2, 0) is 16.4 Å². The normalized spacial score (nSPS) is 15.3. The van der Waals surface area contributed by atoms with Crippen LogP contribution in [-0.4, -0.2) is 56.2 Å². The van der Waals surface area contributed by atoms with Crippen molar-refractivity contribution in [3.8, 4) is 17.1 Å². The van der Waals surface area contributed by atoms with Crippen molar-refractivity contribution >= 4 is 11.6 Å². The monoisotopic (exact) mass is 531 g/mol. The number of hydrogen-bond donors (Lipinski definition) is 2. The van der Waals surface area contributed by atoms with E-state index >= 15 is 0 Å². The summed E-state index contributed by atoms with van der Waals surface area (Å²) in [4.78, 5) is 24.0. The van der Waals surface area contributed by atoms with Gasteiger partial charge in [0.2, 0.25) is 11.8 Å². The smallest absolute Gasteiger partial charge is 0.416 e. The summed E-state index contributed by atoms with van der Waals surface area (Å²) in [7, 11) is 3.31.